The molecule has 1 N–H and O–H groups in total. The minimum atomic E-state index is -0.460. The Labute approximate surface area is 209 Å². The maximum absolute atomic E-state index is 13.6. The molecule has 0 saturated carbocycles. The molecular weight excluding hydrogens is 468 g/mol. The molecular formula is C27H31F2N3O2S. The van der Waals surface area contributed by atoms with Crippen molar-refractivity contribution >= 4 is 29.0 Å². The normalized spacial score (nSPS) is 11.7. The number of rotatable bonds is 10. The molecule has 5 nitrogen and oxygen atoms in total. The minimum Gasteiger partial charge on any atom is -0.332 e. The Bertz CT molecular complexity index is 1130. The number of halogens is 2. The molecule has 1 atom stereocenters. The van der Waals surface area contributed by atoms with Crippen LogP contribution in [-0.4, -0.2) is 34.8 Å². The largest absolute Gasteiger partial charge is 0.332 e. The van der Waals surface area contributed by atoms with E-state index in [4.69, 9.17) is 0 Å². The topological polar surface area (TPSA) is 52.7 Å². The summed E-state index contributed by atoms with van der Waals surface area (Å²) in [6, 6.07) is 15.2. The quantitative estimate of drug-likeness (QED) is 0.349. The van der Waals surface area contributed by atoms with Crippen LogP contribution in [0.25, 0.3) is 0 Å². The second-order valence-corrected chi connectivity index (χ2v) is 10.1. The molecule has 8 heteroatoms. The first kappa shape index (κ1) is 26.3. The molecule has 1 aromatic heterocycles. The fraction of sp³-hybridized carbons (Fsp3) is 0.333. The van der Waals surface area contributed by atoms with Gasteiger partial charge in [0.2, 0.25) is 5.91 Å². The van der Waals surface area contributed by atoms with E-state index in [-0.39, 0.29) is 24.2 Å². The van der Waals surface area contributed by atoms with Crippen LogP contribution in [0, 0.1) is 24.5 Å². The lowest BCUT2D eigenvalue weighted by molar-refractivity contribution is -0.133. The number of nitrogens with zero attached hydrogens (tertiary/aromatic N) is 2. The molecule has 0 radical (unpaired) electrons. The Morgan fingerprint density at radius 1 is 0.971 bits per heavy atom. The number of urea groups is 1. The maximum Gasteiger partial charge on any atom is 0.322 e. The highest BCUT2D eigenvalue weighted by molar-refractivity contribution is 7.11. The summed E-state index contributed by atoms with van der Waals surface area (Å²) >= 11 is 1.61. The fourth-order valence-electron chi connectivity index (χ4n) is 3.56. The lowest BCUT2D eigenvalue weighted by atomic mass is 10.1. The summed E-state index contributed by atoms with van der Waals surface area (Å²) in [4.78, 5) is 31.9. The highest BCUT2D eigenvalue weighted by Crippen LogP contribution is 2.20. The third-order valence-electron chi connectivity index (χ3n) is 5.70. The Kier molecular flexibility index (Phi) is 9.37. The van der Waals surface area contributed by atoms with Gasteiger partial charge in [-0.2, -0.15) is 0 Å². The van der Waals surface area contributed by atoms with Crippen molar-refractivity contribution in [3.05, 3.63) is 87.6 Å². The van der Waals surface area contributed by atoms with E-state index in [0.29, 0.717) is 25.3 Å². The van der Waals surface area contributed by atoms with Gasteiger partial charge in [-0.1, -0.05) is 38.5 Å². The second-order valence-electron chi connectivity index (χ2n) is 8.72. The van der Waals surface area contributed by atoms with E-state index in [0.717, 1.165) is 21.7 Å². The molecule has 0 aliphatic rings. The predicted octanol–water partition coefficient (Wildman–Crippen LogP) is 6.44. The molecule has 0 fully saturated rings. The van der Waals surface area contributed by atoms with E-state index in [9.17, 15) is 18.4 Å². The molecule has 1 heterocycles. The number of anilines is 1. The molecule has 0 spiro atoms. The molecule has 186 valence electrons. The molecule has 0 saturated heterocycles. The summed E-state index contributed by atoms with van der Waals surface area (Å²) in [6.45, 7) is 6.97. The Morgan fingerprint density at radius 2 is 1.71 bits per heavy atom. The lowest BCUT2D eigenvalue weighted by Gasteiger charge is -2.29. The summed E-state index contributed by atoms with van der Waals surface area (Å²) in [6.07, 6.45) is 0.839. The number of hydrogen-bond donors (Lipinski definition) is 1. The highest BCUT2D eigenvalue weighted by Gasteiger charge is 2.24. The van der Waals surface area contributed by atoms with Gasteiger partial charge in [-0.25, -0.2) is 13.6 Å². The lowest BCUT2D eigenvalue weighted by Crippen LogP contribution is -2.45. The molecule has 0 aliphatic carbocycles. The summed E-state index contributed by atoms with van der Waals surface area (Å²) in [7, 11) is 0. The third kappa shape index (κ3) is 8.17. The van der Waals surface area contributed by atoms with Crippen LogP contribution >= 0.6 is 11.3 Å². The SMILES string of the molecule is CC[C@H](C)CN(CC(=O)N(Cc1ccc(F)cc1)Cc1ccc(C)s1)C(=O)Nc1cccc(F)c1. The summed E-state index contributed by atoms with van der Waals surface area (Å²) in [5.41, 5.74) is 1.12. The second kappa shape index (κ2) is 12.4. The van der Waals surface area contributed by atoms with Crippen molar-refractivity contribution in [1.82, 2.24) is 9.80 Å². The van der Waals surface area contributed by atoms with Crippen molar-refractivity contribution in [2.24, 2.45) is 5.92 Å². The molecule has 0 bridgehead atoms. The molecule has 0 aliphatic heterocycles. The van der Waals surface area contributed by atoms with Crippen molar-refractivity contribution in [2.75, 3.05) is 18.4 Å². The van der Waals surface area contributed by atoms with Gasteiger partial charge in [-0.15, -0.1) is 11.3 Å². The highest BCUT2D eigenvalue weighted by atomic mass is 32.1. The molecule has 2 aromatic carbocycles. The third-order valence-corrected chi connectivity index (χ3v) is 6.69. The zero-order chi connectivity index (χ0) is 25.4. The first-order chi connectivity index (χ1) is 16.7. The van der Waals surface area contributed by atoms with Crippen LogP contribution < -0.4 is 5.32 Å². The van der Waals surface area contributed by atoms with E-state index < -0.39 is 11.8 Å². The first-order valence-corrected chi connectivity index (χ1v) is 12.4. The first-order valence-electron chi connectivity index (χ1n) is 11.6. The number of carbonyl (C=O) groups excluding carboxylic acids is 2. The Hall–Kier alpha value is -3.26. The predicted molar refractivity (Wildman–Crippen MR) is 136 cm³/mol. The number of benzene rings is 2. The van der Waals surface area contributed by atoms with Crippen molar-refractivity contribution < 1.29 is 18.4 Å². The zero-order valence-corrected chi connectivity index (χ0v) is 21.1. The van der Waals surface area contributed by atoms with Crippen LogP contribution in [0.15, 0.2) is 60.7 Å². The van der Waals surface area contributed by atoms with Crippen molar-refractivity contribution in [1.29, 1.82) is 0 Å². The average molecular weight is 500 g/mol. The van der Waals surface area contributed by atoms with Crippen molar-refractivity contribution in [3.8, 4) is 0 Å². The van der Waals surface area contributed by atoms with Crippen LogP contribution in [0.2, 0.25) is 0 Å². The molecule has 35 heavy (non-hydrogen) atoms. The van der Waals surface area contributed by atoms with Crippen LogP contribution in [0.4, 0.5) is 19.3 Å². The number of aryl methyl sites for hydroxylation is 1. The van der Waals surface area contributed by atoms with Gasteiger partial charge in [-0.05, 0) is 60.9 Å². The summed E-state index contributed by atoms with van der Waals surface area (Å²) in [5, 5.41) is 2.70. The molecule has 3 aromatic rings. The molecule has 3 rings (SSSR count). The van der Waals surface area contributed by atoms with E-state index in [1.807, 2.05) is 32.9 Å². The van der Waals surface area contributed by atoms with Crippen molar-refractivity contribution in [2.45, 2.75) is 40.3 Å². The molecule has 3 amide bonds. The van der Waals surface area contributed by atoms with Crippen LogP contribution in [0.5, 0.6) is 0 Å². The number of amides is 3. The Morgan fingerprint density at radius 3 is 2.34 bits per heavy atom. The summed E-state index contributed by atoms with van der Waals surface area (Å²) < 4.78 is 27.0. The number of hydrogen-bond acceptors (Lipinski definition) is 3. The number of nitrogens with one attached hydrogen (secondary N) is 1. The smallest absolute Gasteiger partial charge is 0.322 e. The van der Waals surface area contributed by atoms with Gasteiger partial charge in [0.15, 0.2) is 0 Å². The van der Waals surface area contributed by atoms with E-state index in [2.05, 4.69) is 5.32 Å². The van der Waals surface area contributed by atoms with Crippen LogP contribution in [-0.2, 0) is 17.9 Å². The van der Waals surface area contributed by atoms with Crippen LogP contribution in [0.3, 0.4) is 0 Å². The maximum atomic E-state index is 13.6. The number of carbonyl (C=O) groups is 2. The van der Waals surface area contributed by atoms with Crippen LogP contribution in [0.1, 0.15) is 35.6 Å². The minimum absolute atomic E-state index is 0.128. The molecule has 0 unspecified atom stereocenters. The van der Waals surface area contributed by atoms with Crippen molar-refractivity contribution in [3.63, 3.8) is 0 Å². The van der Waals surface area contributed by atoms with Gasteiger partial charge in [0, 0.05) is 28.5 Å². The van der Waals surface area contributed by atoms with Gasteiger partial charge in [0.25, 0.3) is 0 Å². The van der Waals surface area contributed by atoms with E-state index in [1.54, 1.807) is 34.4 Å². The van der Waals surface area contributed by atoms with E-state index >= 15 is 0 Å². The number of thiophene rings is 1. The summed E-state index contributed by atoms with van der Waals surface area (Å²) in [5.74, 6) is -0.844. The van der Waals surface area contributed by atoms with E-state index in [1.165, 1.54) is 35.2 Å². The standard InChI is InChI=1S/C27H31F2N3O2S/c1-4-19(2)15-32(27(34)30-24-7-5-6-23(29)14-24)18-26(33)31(17-25-13-8-20(3)35-25)16-21-9-11-22(28)12-10-21/h5-14,19H,4,15-18H2,1-3H3,(H,30,34)/t19-/m0/s1. The average Bonchev–Trinajstić information content (AvgIpc) is 3.23. The monoisotopic (exact) mass is 499 g/mol. The van der Waals surface area contributed by atoms with Gasteiger partial charge >= 0.3 is 6.03 Å². The van der Waals surface area contributed by atoms with Gasteiger partial charge in [0.05, 0.1) is 6.54 Å². The van der Waals surface area contributed by atoms with Gasteiger partial charge in [0.1, 0.15) is 18.2 Å². The Balaban J connectivity index is 1.79. The van der Waals surface area contributed by atoms with Gasteiger partial charge in [-0.3, -0.25) is 4.79 Å². The fourth-order valence-corrected chi connectivity index (χ4v) is 4.46. The zero-order valence-electron chi connectivity index (χ0n) is 20.3. The van der Waals surface area contributed by atoms with Gasteiger partial charge < -0.3 is 15.1 Å².